The molecule has 1 amide bonds. The first-order valence-electron chi connectivity index (χ1n) is 8.19. The van der Waals surface area contributed by atoms with Crippen molar-refractivity contribution in [2.75, 3.05) is 11.1 Å². The van der Waals surface area contributed by atoms with E-state index in [0.717, 1.165) is 31.4 Å². The number of carbonyl (C=O) groups excluding carboxylic acids is 2. The van der Waals surface area contributed by atoms with Crippen molar-refractivity contribution in [2.24, 2.45) is 0 Å². The molecule has 0 aromatic heterocycles. The number of nitrogens with one attached hydrogen (secondary N) is 1. The number of unbranched alkanes of at least 4 members (excludes halogenated alkanes) is 1. The summed E-state index contributed by atoms with van der Waals surface area (Å²) in [6.45, 7) is 1.42. The molecule has 0 aliphatic carbocycles. The van der Waals surface area contributed by atoms with Crippen LogP contribution in [0.15, 0.2) is 18.2 Å². The zero-order valence-electron chi connectivity index (χ0n) is 13.9. The van der Waals surface area contributed by atoms with Gasteiger partial charge in [-0.2, -0.15) is 0 Å². The molecule has 1 fully saturated rings. The van der Waals surface area contributed by atoms with E-state index in [4.69, 9.17) is 4.74 Å². The zero-order valence-corrected chi connectivity index (χ0v) is 15.6. The molecule has 0 saturated carbocycles. The SMILES string of the molecule is C[C@H](OC(=O)CCCC[C@H]1CCSS1)C(=O)Nc1ccc(F)cc1F. The fraction of sp³-hybridized carbons (Fsp3) is 0.529. The second-order valence-corrected chi connectivity index (χ2v) is 8.61. The van der Waals surface area contributed by atoms with Gasteiger partial charge in [0.25, 0.3) is 5.91 Å². The fourth-order valence-corrected chi connectivity index (χ4v) is 5.37. The molecule has 0 radical (unpaired) electrons. The number of rotatable bonds is 8. The molecular formula is C17H21F2NO3S2. The van der Waals surface area contributed by atoms with Gasteiger partial charge in [-0.1, -0.05) is 28.0 Å². The predicted octanol–water partition coefficient (Wildman–Crippen LogP) is 4.55. The first kappa shape index (κ1) is 20.0. The highest BCUT2D eigenvalue weighted by Crippen LogP contribution is 2.39. The van der Waals surface area contributed by atoms with Gasteiger partial charge < -0.3 is 10.1 Å². The lowest BCUT2D eigenvalue weighted by Crippen LogP contribution is -2.30. The summed E-state index contributed by atoms with van der Waals surface area (Å²) in [4.78, 5) is 23.7. The van der Waals surface area contributed by atoms with Crippen molar-refractivity contribution in [1.82, 2.24) is 0 Å². The lowest BCUT2D eigenvalue weighted by Gasteiger charge is -2.14. The van der Waals surface area contributed by atoms with Crippen LogP contribution in [0.1, 0.15) is 39.0 Å². The van der Waals surface area contributed by atoms with Gasteiger partial charge in [0, 0.05) is 23.5 Å². The molecule has 1 heterocycles. The minimum Gasteiger partial charge on any atom is -0.453 e. The van der Waals surface area contributed by atoms with E-state index < -0.39 is 29.6 Å². The second-order valence-electron chi connectivity index (χ2n) is 5.82. The van der Waals surface area contributed by atoms with Gasteiger partial charge in [0.15, 0.2) is 6.10 Å². The van der Waals surface area contributed by atoms with Crippen LogP contribution in [-0.2, 0) is 14.3 Å². The maximum atomic E-state index is 13.5. The van der Waals surface area contributed by atoms with Crippen molar-refractivity contribution in [3.63, 3.8) is 0 Å². The van der Waals surface area contributed by atoms with E-state index in [-0.39, 0.29) is 12.1 Å². The van der Waals surface area contributed by atoms with Gasteiger partial charge in [0.2, 0.25) is 0 Å². The van der Waals surface area contributed by atoms with Gasteiger partial charge in [-0.15, -0.1) is 0 Å². The average molecular weight is 389 g/mol. The molecule has 0 spiro atoms. The van der Waals surface area contributed by atoms with Crippen LogP contribution in [-0.4, -0.2) is 29.0 Å². The largest absolute Gasteiger partial charge is 0.453 e. The highest BCUT2D eigenvalue weighted by atomic mass is 33.1. The molecule has 0 bridgehead atoms. The molecule has 0 unspecified atom stereocenters. The highest BCUT2D eigenvalue weighted by molar-refractivity contribution is 8.77. The van der Waals surface area contributed by atoms with Crippen molar-refractivity contribution < 1.29 is 23.1 Å². The van der Waals surface area contributed by atoms with Crippen LogP contribution in [0.25, 0.3) is 0 Å². The number of benzene rings is 1. The zero-order chi connectivity index (χ0) is 18.2. The van der Waals surface area contributed by atoms with Crippen LogP contribution in [0.4, 0.5) is 14.5 Å². The fourth-order valence-electron chi connectivity index (χ4n) is 2.34. The first-order chi connectivity index (χ1) is 12.0. The average Bonchev–Trinajstić information content (AvgIpc) is 3.07. The molecule has 1 aliphatic rings. The van der Waals surface area contributed by atoms with Gasteiger partial charge in [0.1, 0.15) is 11.6 Å². The minimum absolute atomic E-state index is 0.152. The van der Waals surface area contributed by atoms with Crippen molar-refractivity contribution in [1.29, 1.82) is 0 Å². The Kier molecular flexibility index (Phi) is 8.02. The summed E-state index contributed by atoms with van der Waals surface area (Å²) in [7, 11) is 3.81. The molecule has 2 atom stereocenters. The number of amides is 1. The van der Waals surface area contributed by atoms with Gasteiger partial charge in [-0.25, -0.2) is 8.78 Å². The Hall–Kier alpha value is -1.28. The summed E-state index contributed by atoms with van der Waals surface area (Å²) in [6.07, 6.45) is 3.20. The Morgan fingerprint density at radius 3 is 2.84 bits per heavy atom. The monoisotopic (exact) mass is 389 g/mol. The molecular weight excluding hydrogens is 368 g/mol. The quantitative estimate of drug-likeness (QED) is 0.402. The van der Waals surface area contributed by atoms with Crippen LogP contribution in [0.5, 0.6) is 0 Å². The van der Waals surface area contributed by atoms with Gasteiger partial charge in [-0.05, 0) is 38.3 Å². The smallest absolute Gasteiger partial charge is 0.306 e. The molecule has 1 N–H and O–H groups in total. The van der Waals surface area contributed by atoms with E-state index in [1.807, 2.05) is 21.6 Å². The van der Waals surface area contributed by atoms with Crippen molar-refractivity contribution in [2.45, 2.75) is 50.4 Å². The van der Waals surface area contributed by atoms with E-state index in [1.165, 1.54) is 19.1 Å². The summed E-state index contributed by atoms with van der Waals surface area (Å²) in [5, 5.41) is 2.96. The number of ether oxygens (including phenoxy) is 1. The van der Waals surface area contributed by atoms with Crippen LogP contribution in [0.3, 0.4) is 0 Å². The summed E-state index contributed by atoms with van der Waals surface area (Å²) in [6, 6.07) is 2.83. The molecule has 1 aromatic rings. The van der Waals surface area contributed by atoms with E-state index in [1.54, 1.807) is 0 Å². The lowest BCUT2D eigenvalue weighted by atomic mass is 10.1. The minimum atomic E-state index is -1.04. The molecule has 1 aliphatic heterocycles. The molecule has 138 valence electrons. The Bertz CT molecular complexity index is 610. The highest BCUT2D eigenvalue weighted by Gasteiger charge is 2.20. The van der Waals surface area contributed by atoms with Crippen molar-refractivity contribution in [3.8, 4) is 0 Å². The lowest BCUT2D eigenvalue weighted by molar-refractivity contribution is -0.153. The van der Waals surface area contributed by atoms with E-state index in [9.17, 15) is 18.4 Å². The van der Waals surface area contributed by atoms with Gasteiger partial charge in [0.05, 0.1) is 5.69 Å². The Balaban J connectivity index is 1.67. The number of carbonyl (C=O) groups is 2. The van der Waals surface area contributed by atoms with Crippen LogP contribution >= 0.6 is 21.6 Å². The number of anilines is 1. The number of hydrogen-bond acceptors (Lipinski definition) is 5. The summed E-state index contributed by atoms with van der Waals surface area (Å²) in [5.41, 5.74) is -0.152. The van der Waals surface area contributed by atoms with E-state index in [0.29, 0.717) is 11.3 Å². The Morgan fingerprint density at radius 1 is 1.36 bits per heavy atom. The maximum Gasteiger partial charge on any atom is 0.306 e. The Labute approximate surface area is 153 Å². The van der Waals surface area contributed by atoms with Crippen molar-refractivity contribution in [3.05, 3.63) is 29.8 Å². The molecule has 4 nitrogen and oxygen atoms in total. The van der Waals surface area contributed by atoms with E-state index >= 15 is 0 Å². The summed E-state index contributed by atoms with van der Waals surface area (Å²) >= 11 is 0. The summed E-state index contributed by atoms with van der Waals surface area (Å²) in [5.74, 6) is -1.52. The number of hydrogen-bond donors (Lipinski definition) is 1. The van der Waals surface area contributed by atoms with Crippen LogP contribution in [0.2, 0.25) is 0 Å². The van der Waals surface area contributed by atoms with Crippen LogP contribution in [0, 0.1) is 11.6 Å². The maximum absolute atomic E-state index is 13.5. The summed E-state index contributed by atoms with van der Waals surface area (Å²) < 4.78 is 31.4. The third kappa shape index (κ3) is 6.86. The number of halogens is 2. The van der Waals surface area contributed by atoms with E-state index in [2.05, 4.69) is 5.32 Å². The van der Waals surface area contributed by atoms with Gasteiger partial charge in [-0.3, -0.25) is 9.59 Å². The number of esters is 1. The van der Waals surface area contributed by atoms with Gasteiger partial charge >= 0.3 is 5.97 Å². The Morgan fingerprint density at radius 2 is 2.16 bits per heavy atom. The molecule has 1 saturated heterocycles. The third-order valence-corrected chi connectivity index (χ3v) is 6.76. The molecule has 25 heavy (non-hydrogen) atoms. The second kappa shape index (κ2) is 10.0. The molecule has 8 heteroatoms. The standard InChI is InChI=1S/C17H21F2NO3S2/c1-11(17(22)20-15-7-6-12(18)10-14(15)19)23-16(21)5-3-2-4-13-8-9-24-25-13/h6-7,10-11,13H,2-5,8-9H2,1H3,(H,20,22)/t11-,13-/m0/s1. The molecule has 1 aromatic carbocycles. The predicted molar refractivity (Wildman–Crippen MR) is 97.5 cm³/mol. The first-order valence-corrected chi connectivity index (χ1v) is 10.6. The van der Waals surface area contributed by atoms with Crippen molar-refractivity contribution >= 4 is 39.2 Å². The third-order valence-electron chi connectivity index (χ3n) is 3.75. The topological polar surface area (TPSA) is 55.4 Å². The molecule has 2 rings (SSSR count). The normalized spacial score (nSPS) is 18.0. The van der Waals surface area contributed by atoms with Crippen LogP contribution < -0.4 is 5.32 Å².